The van der Waals surface area contributed by atoms with Crippen LogP contribution in [0, 0.1) is 0 Å². The van der Waals surface area contributed by atoms with Gasteiger partial charge in [0.15, 0.2) is 0 Å². The summed E-state index contributed by atoms with van der Waals surface area (Å²) in [5, 5.41) is 6.59. The summed E-state index contributed by atoms with van der Waals surface area (Å²) < 4.78 is 0. The molecule has 7 heteroatoms. The van der Waals surface area contributed by atoms with Gasteiger partial charge in [0, 0.05) is 34.8 Å². The molecule has 5 nitrogen and oxygen atoms in total. The Morgan fingerprint density at radius 1 is 1.04 bits per heavy atom. The topological polar surface area (TPSA) is 84.2 Å². The van der Waals surface area contributed by atoms with Gasteiger partial charge in [0.25, 0.3) is 5.91 Å². The quantitative estimate of drug-likeness (QED) is 0.464. The number of amides is 2. The molecular formula is C20H21Cl2N3O2. The molecule has 0 aliphatic carbocycles. The molecule has 2 amide bonds. The number of hydrogen-bond donors (Lipinski definition) is 3. The van der Waals surface area contributed by atoms with Crippen molar-refractivity contribution in [2.75, 3.05) is 13.1 Å². The molecule has 0 fully saturated rings. The second-order valence-corrected chi connectivity index (χ2v) is 6.66. The van der Waals surface area contributed by atoms with Gasteiger partial charge in [-0.3, -0.25) is 9.59 Å². The number of nitrogens with one attached hydrogen (secondary N) is 2. The first-order chi connectivity index (χ1) is 13.0. The molecule has 0 radical (unpaired) electrons. The summed E-state index contributed by atoms with van der Waals surface area (Å²) in [5.74, 6) is -0.383. The standard InChI is InChI=1S/C20H21Cl2N3O2/c21-17-8-6-15(18(22)12-17)7-9-19(26)25-13-14-2-4-16(5-3-14)20(27)24-11-1-10-23/h2-9,12H,1,10-11,13,23H2,(H,24,27)(H,25,26)/b9-7+. The van der Waals surface area contributed by atoms with Crippen molar-refractivity contribution in [2.24, 2.45) is 5.73 Å². The van der Waals surface area contributed by atoms with Crippen molar-refractivity contribution in [2.45, 2.75) is 13.0 Å². The Bertz CT molecular complexity index is 820. The Balaban J connectivity index is 1.84. The normalized spacial score (nSPS) is 10.8. The van der Waals surface area contributed by atoms with E-state index in [1.54, 1.807) is 48.5 Å². The maximum Gasteiger partial charge on any atom is 0.251 e. The molecular weight excluding hydrogens is 385 g/mol. The van der Waals surface area contributed by atoms with Crippen molar-refractivity contribution >= 4 is 41.1 Å². The minimum Gasteiger partial charge on any atom is -0.352 e. The van der Waals surface area contributed by atoms with E-state index in [9.17, 15) is 9.59 Å². The smallest absolute Gasteiger partial charge is 0.251 e. The second-order valence-electron chi connectivity index (χ2n) is 5.81. The number of hydrogen-bond acceptors (Lipinski definition) is 3. The maximum absolute atomic E-state index is 11.9. The minimum absolute atomic E-state index is 0.137. The summed E-state index contributed by atoms with van der Waals surface area (Å²) in [6, 6.07) is 12.1. The van der Waals surface area contributed by atoms with Crippen molar-refractivity contribution < 1.29 is 9.59 Å². The molecule has 0 atom stereocenters. The van der Waals surface area contributed by atoms with E-state index in [0.717, 1.165) is 12.0 Å². The van der Waals surface area contributed by atoms with Gasteiger partial charge >= 0.3 is 0 Å². The zero-order valence-corrected chi connectivity index (χ0v) is 16.2. The highest BCUT2D eigenvalue weighted by Gasteiger charge is 2.05. The zero-order valence-electron chi connectivity index (χ0n) is 14.7. The van der Waals surface area contributed by atoms with Crippen LogP contribution in [0.2, 0.25) is 10.0 Å². The SMILES string of the molecule is NCCCNC(=O)c1ccc(CNC(=O)/C=C/c2ccc(Cl)cc2Cl)cc1. The predicted molar refractivity (Wildman–Crippen MR) is 110 cm³/mol. The summed E-state index contributed by atoms with van der Waals surface area (Å²) in [6.45, 7) is 1.45. The summed E-state index contributed by atoms with van der Waals surface area (Å²) in [5.41, 5.74) is 7.56. The predicted octanol–water partition coefficient (Wildman–Crippen LogP) is 3.40. The Kier molecular flexibility index (Phi) is 8.33. The van der Waals surface area contributed by atoms with E-state index in [4.69, 9.17) is 28.9 Å². The molecule has 0 bridgehead atoms. The Morgan fingerprint density at radius 2 is 1.78 bits per heavy atom. The van der Waals surface area contributed by atoms with Gasteiger partial charge in [-0.25, -0.2) is 0 Å². The van der Waals surface area contributed by atoms with Gasteiger partial charge in [0.2, 0.25) is 5.91 Å². The largest absolute Gasteiger partial charge is 0.352 e. The third-order valence-electron chi connectivity index (χ3n) is 3.73. The van der Waals surface area contributed by atoms with Gasteiger partial charge < -0.3 is 16.4 Å². The fourth-order valence-electron chi connectivity index (χ4n) is 2.23. The van der Waals surface area contributed by atoms with Crippen LogP contribution in [0.15, 0.2) is 48.5 Å². The van der Waals surface area contributed by atoms with E-state index in [1.165, 1.54) is 6.08 Å². The fraction of sp³-hybridized carbons (Fsp3) is 0.200. The average Bonchev–Trinajstić information content (AvgIpc) is 2.66. The van der Waals surface area contributed by atoms with Crippen LogP contribution in [-0.4, -0.2) is 24.9 Å². The van der Waals surface area contributed by atoms with E-state index >= 15 is 0 Å². The van der Waals surface area contributed by atoms with Gasteiger partial charge in [0.1, 0.15) is 0 Å². The molecule has 0 aliphatic heterocycles. The lowest BCUT2D eigenvalue weighted by Gasteiger charge is -2.06. The molecule has 0 aromatic heterocycles. The van der Waals surface area contributed by atoms with Crippen LogP contribution in [0.25, 0.3) is 6.08 Å². The first kappa shape index (κ1) is 21.0. The van der Waals surface area contributed by atoms with Crippen LogP contribution in [0.1, 0.15) is 27.9 Å². The van der Waals surface area contributed by atoms with Crippen LogP contribution < -0.4 is 16.4 Å². The molecule has 27 heavy (non-hydrogen) atoms. The van der Waals surface area contributed by atoms with E-state index in [1.807, 2.05) is 0 Å². The summed E-state index contributed by atoms with van der Waals surface area (Å²) in [6.07, 6.45) is 3.78. The average molecular weight is 406 g/mol. The molecule has 0 spiro atoms. The highest BCUT2D eigenvalue weighted by Crippen LogP contribution is 2.21. The fourth-order valence-corrected chi connectivity index (χ4v) is 2.70. The van der Waals surface area contributed by atoms with Gasteiger partial charge in [0.05, 0.1) is 0 Å². The third kappa shape index (κ3) is 7.06. The zero-order chi connectivity index (χ0) is 19.6. The Labute approximate surface area is 168 Å². The first-order valence-corrected chi connectivity index (χ1v) is 9.23. The molecule has 142 valence electrons. The lowest BCUT2D eigenvalue weighted by Crippen LogP contribution is -2.26. The molecule has 4 N–H and O–H groups in total. The lowest BCUT2D eigenvalue weighted by molar-refractivity contribution is -0.116. The number of nitrogens with two attached hydrogens (primary N) is 1. The minimum atomic E-state index is -0.246. The molecule has 0 unspecified atom stereocenters. The van der Waals surface area contributed by atoms with Crippen molar-refractivity contribution in [3.05, 3.63) is 75.3 Å². The monoisotopic (exact) mass is 405 g/mol. The highest BCUT2D eigenvalue weighted by atomic mass is 35.5. The van der Waals surface area contributed by atoms with Crippen LogP contribution in [0.5, 0.6) is 0 Å². The molecule has 0 saturated carbocycles. The van der Waals surface area contributed by atoms with E-state index in [-0.39, 0.29) is 11.8 Å². The number of rotatable bonds is 8. The van der Waals surface area contributed by atoms with Gasteiger partial charge in [-0.15, -0.1) is 0 Å². The van der Waals surface area contributed by atoms with Crippen molar-refractivity contribution in [3.8, 4) is 0 Å². The van der Waals surface area contributed by atoms with E-state index in [0.29, 0.717) is 40.8 Å². The third-order valence-corrected chi connectivity index (χ3v) is 4.29. The van der Waals surface area contributed by atoms with Crippen LogP contribution >= 0.6 is 23.2 Å². The molecule has 0 heterocycles. The molecule has 0 aliphatic rings. The van der Waals surface area contributed by atoms with E-state index < -0.39 is 0 Å². The van der Waals surface area contributed by atoms with Crippen LogP contribution in [-0.2, 0) is 11.3 Å². The molecule has 2 aromatic carbocycles. The molecule has 0 saturated heterocycles. The van der Waals surface area contributed by atoms with Crippen molar-refractivity contribution in [1.29, 1.82) is 0 Å². The maximum atomic E-state index is 11.9. The summed E-state index contributed by atoms with van der Waals surface area (Å²) in [7, 11) is 0. The van der Waals surface area contributed by atoms with Crippen molar-refractivity contribution in [3.63, 3.8) is 0 Å². The Hall–Kier alpha value is -2.34. The van der Waals surface area contributed by atoms with Gasteiger partial charge in [-0.2, -0.15) is 0 Å². The van der Waals surface area contributed by atoms with Gasteiger partial charge in [-0.1, -0.05) is 41.4 Å². The number of carbonyl (C=O) groups excluding carboxylic acids is 2. The van der Waals surface area contributed by atoms with Crippen LogP contribution in [0.4, 0.5) is 0 Å². The second kappa shape index (κ2) is 10.7. The summed E-state index contributed by atoms with van der Waals surface area (Å²) >= 11 is 11.9. The number of halogens is 2. The van der Waals surface area contributed by atoms with Crippen molar-refractivity contribution in [1.82, 2.24) is 10.6 Å². The lowest BCUT2D eigenvalue weighted by atomic mass is 10.1. The molecule has 2 aromatic rings. The number of carbonyl (C=O) groups is 2. The highest BCUT2D eigenvalue weighted by molar-refractivity contribution is 6.35. The van der Waals surface area contributed by atoms with E-state index in [2.05, 4.69) is 10.6 Å². The summed E-state index contributed by atoms with van der Waals surface area (Å²) in [4.78, 5) is 23.9. The molecule has 2 rings (SSSR count). The Morgan fingerprint density at radius 3 is 2.44 bits per heavy atom. The number of benzene rings is 2. The van der Waals surface area contributed by atoms with Crippen LogP contribution in [0.3, 0.4) is 0 Å². The first-order valence-electron chi connectivity index (χ1n) is 8.48. The van der Waals surface area contributed by atoms with Gasteiger partial charge in [-0.05, 0) is 54.4 Å².